The second kappa shape index (κ2) is 33.4. The largest absolute Gasteiger partial charge is 0.244 e. The predicted octanol–water partition coefficient (Wildman–Crippen LogP) is 34.9. The average Bonchev–Trinajstić information content (AvgIpc) is 1.53. The lowest BCUT2D eigenvalue weighted by Crippen LogP contribution is -1.97. The Balaban J connectivity index is 0.000000107. The Labute approximate surface area is 778 Å². The first-order valence-electron chi connectivity index (χ1n) is 44.8. The van der Waals surface area contributed by atoms with E-state index in [-0.39, 0.29) is 0 Å². The van der Waals surface area contributed by atoms with Crippen molar-refractivity contribution in [2.24, 2.45) is 0 Å². The number of hydrogen-bond acceptors (Lipinski definition) is 9. The average molecular weight is 1750 g/mol. The standard InChI is InChI=1S/2C42H26N2S.C40H24N2S/c1-2-10-27(11-3-1)28-20-22-30(23-21-28)40-36-25-24-29-12-4-5-15-34(29)41(36)44-42(43-40)32-14-8-13-31(26-32)33-17-9-19-38-39(33)35-16-6-7-18-37(35)45-38;1-2-9-27(10-3-1)28-17-21-32(22-18-28)41-40(43-36-26-25-29-11-4-5-12-34(29)42(36)44-41)31-23-19-30(20-24-31)33-14-8-16-38-39(33)35-13-6-7-15-37(35)45-38;1-2-10-29-24-30(21-18-25(29)8-1)26-16-19-28(20-17-26)38-40(42-39-31-11-4-3-9-27(31)22-23-34(39)41-38)33-13-7-15-36-37(33)32-12-5-6-14-35(32)43-36/h2*1-26H;1-24H. The van der Waals surface area contributed by atoms with Crippen molar-refractivity contribution < 1.29 is 0 Å². The van der Waals surface area contributed by atoms with Crippen molar-refractivity contribution in [1.82, 2.24) is 29.9 Å². The molecule has 27 rings (SSSR count). The fraction of sp³-hybridized carbons (Fsp3) is 0. The van der Waals surface area contributed by atoms with E-state index in [0.717, 1.165) is 128 Å². The summed E-state index contributed by atoms with van der Waals surface area (Å²) in [5, 5.41) is 18.2. The topological polar surface area (TPSA) is 77.3 Å². The van der Waals surface area contributed by atoms with Crippen molar-refractivity contribution in [1.29, 1.82) is 0 Å². The smallest absolute Gasteiger partial charge is 0.160 e. The molecule has 133 heavy (non-hydrogen) atoms. The lowest BCUT2D eigenvalue weighted by Gasteiger charge is -2.14. The lowest BCUT2D eigenvalue weighted by molar-refractivity contribution is 1.23. The normalized spacial score (nSPS) is 11.6. The van der Waals surface area contributed by atoms with E-state index >= 15 is 0 Å². The molecule has 0 aliphatic rings. The van der Waals surface area contributed by atoms with E-state index in [9.17, 15) is 0 Å². The minimum atomic E-state index is 0.727. The summed E-state index contributed by atoms with van der Waals surface area (Å²) in [5.41, 5.74) is 27.5. The van der Waals surface area contributed by atoms with Gasteiger partial charge in [-0.2, -0.15) is 0 Å². The number of thiophene rings is 3. The first kappa shape index (κ1) is 78.6. The molecular weight excluding hydrogens is 1670 g/mol. The third kappa shape index (κ3) is 14.4. The van der Waals surface area contributed by atoms with Gasteiger partial charge in [0, 0.05) is 115 Å². The van der Waals surface area contributed by atoms with Gasteiger partial charge in [-0.1, -0.05) is 394 Å². The fourth-order valence-electron chi connectivity index (χ4n) is 19.3. The zero-order valence-corrected chi connectivity index (χ0v) is 74.2. The molecule has 620 valence electrons. The van der Waals surface area contributed by atoms with Crippen LogP contribution in [0.4, 0.5) is 0 Å². The third-order valence-electron chi connectivity index (χ3n) is 25.8. The van der Waals surface area contributed by atoms with Gasteiger partial charge in [-0.15, -0.1) is 34.0 Å². The highest BCUT2D eigenvalue weighted by Crippen LogP contribution is 2.48. The number of fused-ring (bicyclic) bond motifs is 19. The van der Waals surface area contributed by atoms with E-state index in [1.807, 2.05) is 40.1 Å². The summed E-state index contributed by atoms with van der Waals surface area (Å²) in [4.78, 5) is 31.9. The molecule has 6 heterocycles. The molecule has 0 radical (unpaired) electrons. The molecule has 6 aromatic heterocycles. The molecule has 0 bridgehead atoms. The summed E-state index contributed by atoms with van der Waals surface area (Å²) in [6, 6.07) is 164. The summed E-state index contributed by atoms with van der Waals surface area (Å²) >= 11 is 5.53. The molecule has 0 amide bonds. The molecule has 0 unspecified atom stereocenters. The summed E-state index contributed by atoms with van der Waals surface area (Å²) in [7, 11) is 0. The highest BCUT2D eigenvalue weighted by Gasteiger charge is 2.24. The van der Waals surface area contributed by atoms with Gasteiger partial charge in [-0.3, -0.25) is 0 Å². The maximum Gasteiger partial charge on any atom is 0.160 e. The van der Waals surface area contributed by atoms with Crippen LogP contribution in [0.15, 0.2) is 461 Å². The highest BCUT2D eigenvalue weighted by molar-refractivity contribution is 7.26. The fourth-order valence-corrected chi connectivity index (χ4v) is 22.7. The number of aromatic nitrogens is 6. The Morgan fingerprint density at radius 1 is 0.143 bits per heavy atom. The molecule has 0 aliphatic heterocycles. The molecule has 9 heteroatoms. The Hall–Kier alpha value is -16.7. The van der Waals surface area contributed by atoms with Crippen molar-refractivity contribution in [3.05, 3.63) is 461 Å². The van der Waals surface area contributed by atoms with Crippen molar-refractivity contribution in [3.8, 4) is 123 Å². The second-order valence-electron chi connectivity index (χ2n) is 33.7. The maximum atomic E-state index is 5.44. The number of nitrogens with zero attached hydrogens (tertiary/aromatic N) is 6. The molecule has 6 nitrogen and oxygen atoms in total. The predicted molar refractivity (Wildman–Crippen MR) is 567 cm³/mol. The molecule has 0 atom stereocenters. The minimum Gasteiger partial charge on any atom is -0.244 e. The zero-order chi connectivity index (χ0) is 87.8. The van der Waals surface area contributed by atoms with Crippen LogP contribution in [0.3, 0.4) is 0 Å². The summed E-state index contributed by atoms with van der Waals surface area (Å²) < 4.78 is 7.78. The first-order chi connectivity index (χ1) is 65.9. The van der Waals surface area contributed by atoms with E-state index in [4.69, 9.17) is 29.9 Å². The Bertz CT molecular complexity index is 9250. The van der Waals surface area contributed by atoms with Gasteiger partial charge in [0.25, 0.3) is 0 Å². The van der Waals surface area contributed by atoms with Crippen molar-refractivity contribution in [3.63, 3.8) is 0 Å². The highest BCUT2D eigenvalue weighted by atomic mass is 32.1. The number of rotatable bonds is 11. The van der Waals surface area contributed by atoms with Crippen molar-refractivity contribution >= 4 is 171 Å². The number of hydrogen-bond donors (Lipinski definition) is 0. The Morgan fingerprint density at radius 3 is 0.977 bits per heavy atom. The number of benzene rings is 21. The van der Waals surface area contributed by atoms with Gasteiger partial charge in [0.15, 0.2) is 5.82 Å². The molecule has 0 N–H and O–H groups in total. The van der Waals surface area contributed by atoms with Crippen LogP contribution >= 0.6 is 34.0 Å². The van der Waals surface area contributed by atoms with E-state index in [0.29, 0.717) is 0 Å². The van der Waals surface area contributed by atoms with E-state index < -0.39 is 0 Å². The van der Waals surface area contributed by atoms with E-state index in [2.05, 4.69) is 455 Å². The van der Waals surface area contributed by atoms with Crippen LogP contribution in [0.1, 0.15) is 0 Å². The SMILES string of the molecule is c1ccc(-c2ccc(-c3nc(-c4cccc(-c5cccc6sc7ccccc7c56)c4)nc4c3ccc3ccccc34)cc2)cc1.c1ccc(-c2ccc(-c3nc4c(ccc5ccccc54)nc3-c3ccc(-c4cccc5sc6ccccc6c45)cc3)cc2)cc1.c1ccc2cc(-c3ccc(-c4nc5ccc6ccccc6c5nc4-c4cccc5sc6ccccc6c45)cc3)ccc2c1. The molecule has 0 saturated heterocycles. The Morgan fingerprint density at radius 2 is 0.466 bits per heavy atom. The van der Waals surface area contributed by atoms with Crippen LogP contribution in [0.5, 0.6) is 0 Å². The molecular formula is C124H76N6S3. The molecule has 0 aliphatic carbocycles. The van der Waals surface area contributed by atoms with Gasteiger partial charge in [-0.05, 0) is 149 Å². The van der Waals surface area contributed by atoms with Crippen LogP contribution < -0.4 is 0 Å². The van der Waals surface area contributed by atoms with Gasteiger partial charge >= 0.3 is 0 Å². The Kier molecular flexibility index (Phi) is 19.8. The summed E-state index contributed by atoms with van der Waals surface area (Å²) in [6.45, 7) is 0. The van der Waals surface area contributed by atoms with Crippen molar-refractivity contribution in [2.45, 2.75) is 0 Å². The van der Waals surface area contributed by atoms with Crippen LogP contribution in [0.25, 0.3) is 260 Å². The van der Waals surface area contributed by atoms with Gasteiger partial charge in [0.05, 0.1) is 56.1 Å². The van der Waals surface area contributed by atoms with E-state index in [1.54, 1.807) is 0 Å². The third-order valence-corrected chi connectivity index (χ3v) is 29.3. The van der Waals surface area contributed by atoms with Crippen LogP contribution in [-0.2, 0) is 0 Å². The first-order valence-corrected chi connectivity index (χ1v) is 47.3. The molecule has 0 saturated carbocycles. The molecule has 21 aromatic carbocycles. The monoisotopic (exact) mass is 1740 g/mol. The minimum absolute atomic E-state index is 0.727. The molecule has 27 aromatic rings. The molecule has 0 fully saturated rings. The van der Waals surface area contributed by atoms with Crippen LogP contribution in [-0.4, -0.2) is 29.9 Å². The maximum absolute atomic E-state index is 5.44. The summed E-state index contributed by atoms with van der Waals surface area (Å²) in [5.74, 6) is 0.727. The van der Waals surface area contributed by atoms with Gasteiger partial charge in [-0.25, -0.2) is 29.9 Å². The molecule has 0 spiro atoms. The quantitative estimate of drug-likeness (QED) is 0.120. The van der Waals surface area contributed by atoms with Gasteiger partial charge < -0.3 is 0 Å². The van der Waals surface area contributed by atoms with Crippen molar-refractivity contribution in [2.75, 3.05) is 0 Å². The van der Waals surface area contributed by atoms with Crippen LogP contribution in [0.2, 0.25) is 0 Å². The summed E-state index contributed by atoms with van der Waals surface area (Å²) in [6.07, 6.45) is 0. The zero-order valence-electron chi connectivity index (χ0n) is 71.8. The second-order valence-corrected chi connectivity index (χ2v) is 37.0. The van der Waals surface area contributed by atoms with E-state index in [1.165, 1.54) is 132 Å². The van der Waals surface area contributed by atoms with Crippen LogP contribution in [0, 0.1) is 0 Å². The lowest BCUT2D eigenvalue weighted by atomic mass is 9.96. The van der Waals surface area contributed by atoms with Gasteiger partial charge in [0.1, 0.15) is 0 Å². The van der Waals surface area contributed by atoms with Gasteiger partial charge in [0.2, 0.25) is 0 Å².